The molecular weight excluding hydrogens is 202 g/mol. The number of rotatable bonds is 4. The second-order valence-corrected chi connectivity index (χ2v) is 5.09. The molecule has 2 atom stereocenters. The topological polar surface area (TPSA) is 12.0 Å². The predicted octanol–water partition coefficient (Wildman–Crippen LogP) is 3.90. The molecule has 1 nitrogen and oxygen atoms in total. The standard InChI is InChI=1S/C13H19NS/c1-2-12(13-9-6-10-15-13)14-11-7-4-3-5-8-11/h4,6-7,9-12,14H,2-3,5,8H2,1H3. The number of hydrogen-bond donors (Lipinski definition) is 1. The van der Waals surface area contributed by atoms with Gasteiger partial charge in [-0.2, -0.15) is 0 Å². The molecule has 0 aromatic carbocycles. The third-order valence-corrected chi connectivity index (χ3v) is 3.95. The van der Waals surface area contributed by atoms with Gasteiger partial charge in [-0.05, 0) is 37.1 Å². The molecule has 1 aromatic rings. The van der Waals surface area contributed by atoms with Crippen molar-refractivity contribution in [1.29, 1.82) is 0 Å². The average Bonchev–Trinajstić information content (AvgIpc) is 2.81. The molecule has 0 bridgehead atoms. The average molecular weight is 221 g/mol. The van der Waals surface area contributed by atoms with Crippen molar-refractivity contribution in [2.75, 3.05) is 0 Å². The molecule has 0 radical (unpaired) electrons. The lowest BCUT2D eigenvalue weighted by molar-refractivity contribution is 0.443. The first-order valence-corrected chi connectivity index (χ1v) is 6.74. The largest absolute Gasteiger partial charge is 0.303 e. The predicted molar refractivity (Wildman–Crippen MR) is 67.3 cm³/mol. The SMILES string of the molecule is CCC(NC1C=CCCC1)c1cccs1. The van der Waals surface area contributed by atoms with Crippen LogP contribution in [0.2, 0.25) is 0 Å². The number of thiophene rings is 1. The van der Waals surface area contributed by atoms with Gasteiger partial charge in [0.1, 0.15) is 0 Å². The molecule has 15 heavy (non-hydrogen) atoms. The Morgan fingerprint density at radius 1 is 1.60 bits per heavy atom. The fourth-order valence-corrected chi connectivity index (χ4v) is 2.97. The quantitative estimate of drug-likeness (QED) is 0.760. The minimum Gasteiger partial charge on any atom is -0.303 e. The van der Waals surface area contributed by atoms with Crippen LogP contribution in [-0.2, 0) is 0 Å². The van der Waals surface area contributed by atoms with Crippen molar-refractivity contribution >= 4 is 11.3 Å². The number of nitrogens with one attached hydrogen (secondary N) is 1. The number of allylic oxidation sites excluding steroid dienone is 1. The normalized spacial score (nSPS) is 22.9. The minimum absolute atomic E-state index is 0.540. The third kappa shape index (κ3) is 2.93. The van der Waals surface area contributed by atoms with E-state index in [-0.39, 0.29) is 0 Å². The maximum absolute atomic E-state index is 3.73. The second kappa shape index (κ2) is 5.47. The van der Waals surface area contributed by atoms with Gasteiger partial charge in [0.25, 0.3) is 0 Å². The Morgan fingerprint density at radius 3 is 3.13 bits per heavy atom. The van der Waals surface area contributed by atoms with Crippen LogP contribution in [0.15, 0.2) is 29.7 Å². The van der Waals surface area contributed by atoms with Crippen LogP contribution in [0.5, 0.6) is 0 Å². The van der Waals surface area contributed by atoms with Crippen LogP contribution in [0.25, 0.3) is 0 Å². The molecule has 0 saturated carbocycles. The first-order chi connectivity index (χ1) is 7.40. The van der Waals surface area contributed by atoms with Crippen molar-refractivity contribution < 1.29 is 0 Å². The molecule has 2 heteroatoms. The molecular formula is C13H19NS. The summed E-state index contributed by atoms with van der Waals surface area (Å²) < 4.78 is 0. The summed E-state index contributed by atoms with van der Waals surface area (Å²) >= 11 is 1.86. The summed E-state index contributed by atoms with van der Waals surface area (Å²) in [6.45, 7) is 2.25. The molecule has 1 aromatic heterocycles. The van der Waals surface area contributed by atoms with Crippen molar-refractivity contribution in [3.63, 3.8) is 0 Å². The van der Waals surface area contributed by atoms with Crippen LogP contribution < -0.4 is 5.32 Å². The van der Waals surface area contributed by atoms with Gasteiger partial charge in [-0.3, -0.25) is 0 Å². The van der Waals surface area contributed by atoms with Crippen LogP contribution >= 0.6 is 11.3 Å². The first kappa shape index (κ1) is 10.9. The van der Waals surface area contributed by atoms with Crippen molar-refractivity contribution in [3.8, 4) is 0 Å². The van der Waals surface area contributed by atoms with Gasteiger partial charge in [0.05, 0.1) is 0 Å². The van der Waals surface area contributed by atoms with Gasteiger partial charge < -0.3 is 5.32 Å². The molecule has 1 N–H and O–H groups in total. The molecule has 2 unspecified atom stereocenters. The van der Waals surface area contributed by atoms with E-state index in [9.17, 15) is 0 Å². The minimum atomic E-state index is 0.540. The molecule has 82 valence electrons. The van der Waals surface area contributed by atoms with E-state index in [1.807, 2.05) is 11.3 Å². The first-order valence-electron chi connectivity index (χ1n) is 5.86. The Labute approximate surface area is 96.2 Å². The Hall–Kier alpha value is -0.600. The van der Waals surface area contributed by atoms with E-state index in [1.54, 1.807) is 0 Å². The summed E-state index contributed by atoms with van der Waals surface area (Å²) in [6.07, 6.45) is 9.69. The lowest BCUT2D eigenvalue weighted by Gasteiger charge is -2.24. The van der Waals surface area contributed by atoms with Crippen LogP contribution in [0.1, 0.15) is 43.5 Å². The Kier molecular flexibility index (Phi) is 3.98. The maximum Gasteiger partial charge on any atom is 0.0416 e. The molecule has 0 saturated heterocycles. The van der Waals surface area contributed by atoms with Gasteiger partial charge in [-0.15, -0.1) is 11.3 Å². The Bertz CT molecular complexity index is 302. The lowest BCUT2D eigenvalue weighted by atomic mass is 10.0. The van der Waals surface area contributed by atoms with Crippen LogP contribution in [-0.4, -0.2) is 6.04 Å². The Balaban J connectivity index is 1.96. The zero-order chi connectivity index (χ0) is 10.5. The highest BCUT2D eigenvalue weighted by atomic mass is 32.1. The van der Waals surface area contributed by atoms with Crippen molar-refractivity contribution in [1.82, 2.24) is 5.32 Å². The zero-order valence-corrected chi connectivity index (χ0v) is 10.1. The molecule has 0 amide bonds. The van der Waals surface area contributed by atoms with Gasteiger partial charge >= 0.3 is 0 Å². The van der Waals surface area contributed by atoms with Gasteiger partial charge in [0.2, 0.25) is 0 Å². The van der Waals surface area contributed by atoms with Gasteiger partial charge in [-0.25, -0.2) is 0 Å². The molecule has 1 aliphatic rings. The van der Waals surface area contributed by atoms with Crippen molar-refractivity contribution in [2.24, 2.45) is 0 Å². The van der Waals surface area contributed by atoms with Crippen molar-refractivity contribution in [3.05, 3.63) is 34.5 Å². The summed E-state index contributed by atoms with van der Waals surface area (Å²) in [6, 6.07) is 5.50. The van der Waals surface area contributed by atoms with E-state index in [4.69, 9.17) is 0 Å². The van der Waals surface area contributed by atoms with Gasteiger partial charge in [0, 0.05) is 17.0 Å². The van der Waals surface area contributed by atoms with E-state index in [2.05, 4.69) is 41.9 Å². The second-order valence-electron chi connectivity index (χ2n) is 4.11. The zero-order valence-electron chi connectivity index (χ0n) is 9.28. The fraction of sp³-hybridized carbons (Fsp3) is 0.538. The van der Waals surface area contributed by atoms with E-state index < -0.39 is 0 Å². The van der Waals surface area contributed by atoms with Crippen LogP contribution in [0, 0.1) is 0 Å². The third-order valence-electron chi connectivity index (χ3n) is 2.96. The van der Waals surface area contributed by atoms with Gasteiger partial charge in [-0.1, -0.05) is 25.1 Å². The monoisotopic (exact) mass is 221 g/mol. The van der Waals surface area contributed by atoms with E-state index in [0.717, 1.165) is 0 Å². The summed E-state index contributed by atoms with van der Waals surface area (Å²) in [5.41, 5.74) is 0. The molecule has 0 fully saturated rings. The fourth-order valence-electron chi connectivity index (χ4n) is 2.10. The smallest absolute Gasteiger partial charge is 0.0416 e. The lowest BCUT2D eigenvalue weighted by Crippen LogP contribution is -2.31. The molecule has 2 rings (SSSR count). The van der Waals surface area contributed by atoms with Crippen LogP contribution in [0.3, 0.4) is 0 Å². The summed E-state index contributed by atoms with van der Waals surface area (Å²) in [5.74, 6) is 0. The van der Waals surface area contributed by atoms with E-state index in [0.29, 0.717) is 12.1 Å². The molecule has 1 aliphatic carbocycles. The Morgan fingerprint density at radius 2 is 2.53 bits per heavy atom. The molecule has 0 aliphatic heterocycles. The van der Waals surface area contributed by atoms with E-state index >= 15 is 0 Å². The van der Waals surface area contributed by atoms with Gasteiger partial charge in [0.15, 0.2) is 0 Å². The van der Waals surface area contributed by atoms with Crippen LogP contribution in [0.4, 0.5) is 0 Å². The molecule has 1 heterocycles. The van der Waals surface area contributed by atoms with E-state index in [1.165, 1.54) is 30.6 Å². The van der Waals surface area contributed by atoms with Crippen molar-refractivity contribution in [2.45, 2.75) is 44.7 Å². The molecule has 0 spiro atoms. The highest BCUT2D eigenvalue weighted by molar-refractivity contribution is 7.10. The number of hydrogen-bond acceptors (Lipinski definition) is 2. The maximum atomic E-state index is 3.73. The summed E-state index contributed by atoms with van der Waals surface area (Å²) in [4.78, 5) is 1.47. The highest BCUT2D eigenvalue weighted by Crippen LogP contribution is 2.23. The summed E-state index contributed by atoms with van der Waals surface area (Å²) in [5, 5.41) is 5.89. The summed E-state index contributed by atoms with van der Waals surface area (Å²) in [7, 11) is 0. The highest BCUT2D eigenvalue weighted by Gasteiger charge is 2.15.